The summed E-state index contributed by atoms with van der Waals surface area (Å²) in [6.07, 6.45) is 5.32. The van der Waals surface area contributed by atoms with E-state index in [1.807, 2.05) is 12.1 Å². The third-order valence-corrected chi connectivity index (χ3v) is 6.54. The van der Waals surface area contributed by atoms with Crippen LogP contribution < -0.4 is 16.9 Å². The zero-order valence-corrected chi connectivity index (χ0v) is 21.0. The van der Waals surface area contributed by atoms with Crippen LogP contribution in [0.5, 0.6) is 0 Å². The minimum absolute atomic E-state index is 0.0264. The number of anilines is 1. The summed E-state index contributed by atoms with van der Waals surface area (Å²) in [5.74, 6) is 6.15. The van der Waals surface area contributed by atoms with E-state index in [4.69, 9.17) is 11.6 Å². The number of primary amides is 1. The summed E-state index contributed by atoms with van der Waals surface area (Å²) in [4.78, 5) is 48.1. The van der Waals surface area contributed by atoms with E-state index in [2.05, 4.69) is 35.7 Å². The highest BCUT2D eigenvalue weighted by Gasteiger charge is 2.33. The van der Waals surface area contributed by atoms with Crippen LogP contribution in [0.4, 0.5) is 5.82 Å². The third kappa shape index (κ3) is 5.23. The molecule has 0 unspecified atom stereocenters. The number of hydrogen-bond donors (Lipinski definition) is 3. The molecule has 0 spiro atoms. The van der Waals surface area contributed by atoms with Crippen LogP contribution in [0, 0.1) is 0 Å². The lowest BCUT2D eigenvalue weighted by atomic mass is 10.0. The summed E-state index contributed by atoms with van der Waals surface area (Å²) < 4.78 is 1.17. The zero-order chi connectivity index (χ0) is 26.7. The first-order valence-corrected chi connectivity index (χ1v) is 12.2. The van der Waals surface area contributed by atoms with Crippen molar-refractivity contribution in [3.8, 4) is 11.3 Å². The van der Waals surface area contributed by atoms with Crippen LogP contribution in [-0.2, 0) is 4.79 Å². The SMILES string of the molecule is C=CC(=O)N1CCCC[C@H]1c1nc(-c2ccc(C(=O)Nc3cc(C(C)C)ccn3)cc2)c(C(N)=O)n1N. The molecule has 3 aromatic rings. The van der Waals surface area contributed by atoms with Crippen molar-refractivity contribution in [1.82, 2.24) is 19.5 Å². The molecule has 1 aromatic carbocycles. The van der Waals surface area contributed by atoms with E-state index in [9.17, 15) is 14.4 Å². The van der Waals surface area contributed by atoms with Crippen molar-refractivity contribution in [3.05, 3.63) is 77.9 Å². The Bertz CT molecular complexity index is 1340. The lowest BCUT2D eigenvalue weighted by molar-refractivity contribution is -0.129. The number of amides is 3. The summed E-state index contributed by atoms with van der Waals surface area (Å²) in [7, 11) is 0. The number of carbonyl (C=O) groups is 3. The highest BCUT2D eigenvalue weighted by molar-refractivity contribution is 6.04. The van der Waals surface area contributed by atoms with E-state index in [1.165, 1.54) is 10.8 Å². The Kier molecular flexibility index (Phi) is 7.37. The average Bonchev–Trinajstić information content (AvgIpc) is 3.25. The van der Waals surface area contributed by atoms with Crippen molar-refractivity contribution in [2.75, 3.05) is 17.7 Å². The Morgan fingerprint density at radius 3 is 2.54 bits per heavy atom. The van der Waals surface area contributed by atoms with Gasteiger partial charge in [0, 0.05) is 23.9 Å². The Hall–Kier alpha value is -4.47. The van der Waals surface area contributed by atoms with Gasteiger partial charge >= 0.3 is 0 Å². The summed E-state index contributed by atoms with van der Waals surface area (Å²) >= 11 is 0. The number of benzene rings is 1. The van der Waals surface area contributed by atoms with Gasteiger partial charge in [-0.3, -0.25) is 14.4 Å². The lowest BCUT2D eigenvalue weighted by Gasteiger charge is -2.34. The van der Waals surface area contributed by atoms with E-state index in [1.54, 1.807) is 35.4 Å². The van der Waals surface area contributed by atoms with Gasteiger partial charge in [0.05, 0.1) is 6.04 Å². The van der Waals surface area contributed by atoms with E-state index in [0.29, 0.717) is 47.3 Å². The monoisotopic (exact) mass is 501 g/mol. The van der Waals surface area contributed by atoms with Crippen LogP contribution in [0.25, 0.3) is 11.3 Å². The molecule has 2 aromatic heterocycles. The maximum absolute atomic E-state index is 12.8. The summed E-state index contributed by atoms with van der Waals surface area (Å²) in [6.45, 7) is 8.26. The topological polar surface area (TPSA) is 149 Å². The minimum atomic E-state index is -0.744. The fourth-order valence-electron chi connectivity index (χ4n) is 4.55. The van der Waals surface area contributed by atoms with Crippen molar-refractivity contribution >= 4 is 23.5 Å². The summed E-state index contributed by atoms with van der Waals surface area (Å²) in [5.41, 5.74) is 8.02. The maximum atomic E-state index is 12.8. The van der Waals surface area contributed by atoms with E-state index < -0.39 is 11.9 Å². The first-order valence-electron chi connectivity index (χ1n) is 12.2. The number of rotatable bonds is 7. The largest absolute Gasteiger partial charge is 0.364 e. The molecule has 10 heteroatoms. The maximum Gasteiger partial charge on any atom is 0.269 e. The molecule has 1 aliphatic heterocycles. The Balaban J connectivity index is 1.63. The van der Waals surface area contributed by atoms with Gasteiger partial charge in [-0.15, -0.1) is 0 Å². The standard InChI is InChI=1S/C27H31N7O3/c1-4-22(35)33-14-6-5-7-20(33)26-32-23(24(25(28)36)34(26)29)17-8-10-18(11-9-17)27(37)31-21-15-19(16(2)3)12-13-30-21/h4,8-13,15-16,20H,1,5-7,14,29H2,2-3H3,(H2,28,36)(H,30,31,37)/t20-/m0/s1. The number of nitrogens with zero attached hydrogens (tertiary/aromatic N) is 4. The fraction of sp³-hybridized carbons (Fsp3) is 0.296. The number of nitrogens with two attached hydrogens (primary N) is 2. The molecule has 3 amide bonds. The molecule has 0 aliphatic carbocycles. The molecule has 0 radical (unpaired) electrons. The summed E-state index contributed by atoms with van der Waals surface area (Å²) in [5, 5.41) is 2.81. The molecule has 37 heavy (non-hydrogen) atoms. The van der Waals surface area contributed by atoms with Gasteiger partial charge in [0.1, 0.15) is 11.5 Å². The molecule has 0 bridgehead atoms. The predicted octanol–water partition coefficient (Wildman–Crippen LogP) is 3.37. The molecule has 1 atom stereocenters. The van der Waals surface area contributed by atoms with Crippen LogP contribution in [0.2, 0.25) is 0 Å². The number of piperidine rings is 1. The number of hydrogen-bond acceptors (Lipinski definition) is 6. The molecule has 4 rings (SSSR count). The second kappa shape index (κ2) is 10.7. The smallest absolute Gasteiger partial charge is 0.269 e. The number of nitrogens with one attached hydrogen (secondary N) is 1. The normalized spacial score (nSPS) is 15.4. The van der Waals surface area contributed by atoms with Crippen molar-refractivity contribution in [3.63, 3.8) is 0 Å². The fourth-order valence-corrected chi connectivity index (χ4v) is 4.55. The average molecular weight is 502 g/mol. The first-order chi connectivity index (χ1) is 17.7. The molecule has 0 saturated carbocycles. The number of likely N-dealkylation sites (tertiary alicyclic amines) is 1. The number of imidazole rings is 1. The number of nitrogen functional groups attached to an aromatic ring is 1. The lowest BCUT2D eigenvalue weighted by Crippen LogP contribution is -2.39. The summed E-state index contributed by atoms with van der Waals surface area (Å²) in [6, 6.07) is 9.97. The van der Waals surface area contributed by atoms with Crippen molar-refractivity contribution in [2.24, 2.45) is 5.73 Å². The molecule has 3 heterocycles. The molecule has 10 nitrogen and oxygen atoms in total. The number of carbonyl (C=O) groups excluding carboxylic acids is 3. The van der Waals surface area contributed by atoms with Crippen LogP contribution >= 0.6 is 0 Å². The van der Waals surface area contributed by atoms with Crippen molar-refractivity contribution in [2.45, 2.75) is 45.1 Å². The molecule has 1 fully saturated rings. The Morgan fingerprint density at radius 1 is 1.16 bits per heavy atom. The van der Waals surface area contributed by atoms with E-state index in [-0.39, 0.29) is 17.5 Å². The third-order valence-electron chi connectivity index (χ3n) is 6.54. The minimum Gasteiger partial charge on any atom is -0.364 e. The second-order valence-corrected chi connectivity index (χ2v) is 9.31. The Labute approximate surface area is 215 Å². The second-order valence-electron chi connectivity index (χ2n) is 9.31. The van der Waals surface area contributed by atoms with Gasteiger partial charge in [-0.2, -0.15) is 0 Å². The van der Waals surface area contributed by atoms with Gasteiger partial charge in [-0.05, 0) is 61.1 Å². The first kappa shape index (κ1) is 25.6. The van der Waals surface area contributed by atoms with Crippen LogP contribution in [0.15, 0.2) is 55.3 Å². The molecular formula is C27H31N7O3. The van der Waals surface area contributed by atoms with Gasteiger partial charge in [0.25, 0.3) is 11.8 Å². The van der Waals surface area contributed by atoms with Gasteiger partial charge < -0.3 is 21.8 Å². The van der Waals surface area contributed by atoms with E-state index >= 15 is 0 Å². The molecule has 192 valence electrons. The van der Waals surface area contributed by atoms with Crippen LogP contribution in [0.3, 0.4) is 0 Å². The van der Waals surface area contributed by atoms with Crippen molar-refractivity contribution in [1.29, 1.82) is 0 Å². The molecule has 1 aliphatic rings. The molecular weight excluding hydrogens is 470 g/mol. The highest BCUT2D eigenvalue weighted by atomic mass is 16.2. The van der Waals surface area contributed by atoms with Gasteiger partial charge in [0.15, 0.2) is 11.5 Å². The van der Waals surface area contributed by atoms with Gasteiger partial charge in [-0.1, -0.05) is 32.6 Å². The molecule has 5 N–H and O–H groups in total. The Morgan fingerprint density at radius 2 is 1.89 bits per heavy atom. The van der Waals surface area contributed by atoms with Crippen LogP contribution in [-0.4, -0.2) is 43.8 Å². The van der Waals surface area contributed by atoms with Crippen molar-refractivity contribution < 1.29 is 14.4 Å². The molecule has 1 saturated heterocycles. The van der Waals surface area contributed by atoms with Gasteiger partial charge in [-0.25, -0.2) is 14.6 Å². The quantitative estimate of drug-likeness (QED) is 0.334. The zero-order valence-electron chi connectivity index (χ0n) is 21.0. The van der Waals surface area contributed by atoms with Crippen LogP contribution in [0.1, 0.15) is 77.3 Å². The predicted molar refractivity (Wildman–Crippen MR) is 141 cm³/mol. The van der Waals surface area contributed by atoms with Gasteiger partial charge in [0.2, 0.25) is 5.91 Å². The number of aromatic nitrogens is 3. The number of pyridine rings is 1. The van der Waals surface area contributed by atoms with E-state index in [0.717, 1.165) is 18.4 Å². The highest BCUT2D eigenvalue weighted by Crippen LogP contribution is 2.33.